The molecule has 0 radical (unpaired) electrons. The van der Waals surface area contributed by atoms with Gasteiger partial charge >= 0.3 is 0 Å². The molecule has 3 heterocycles. The molecule has 2 saturated heterocycles. The first kappa shape index (κ1) is 32.0. The van der Waals surface area contributed by atoms with Crippen LogP contribution in [0.25, 0.3) is 6.08 Å². The van der Waals surface area contributed by atoms with E-state index in [4.69, 9.17) is 12.2 Å². The monoisotopic (exact) mass is 604 g/mol. The van der Waals surface area contributed by atoms with Crippen molar-refractivity contribution < 1.29 is 4.79 Å². The number of rotatable bonds is 13. The molecule has 0 spiro atoms. The number of pyridine rings is 1. The molecule has 4 rings (SSSR count). The van der Waals surface area contributed by atoms with E-state index >= 15 is 0 Å². The van der Waals surface area contributed by atoms with Crippen molar-refractivity contribution in [1.29, 1.82) is 5.26 Å². The predicted octanol–water partition coefficient (Wildman–Crippen LogP) is 7.46. The fourth-order valence-corrected chi connectivity index (χ4v) is 7.29. The largest absolute Gasteiger partial charge is 0.357 e. The summed E-state index contributed by atoms with van der Waals surface area (Å²) < 4.78 is 2.38. The van der Waals surface area contributed by atoms with Gasteiger partial charge < -0.3 is 4.90 Å². The van der Waals surface area contributed by atoms with Crippen molar-refractivity contribution in [3.63, 3.8) is 0 Å². The van der Waals surface area contributed by atoms with Crippen LogP contribution in [0.3, 0.4) is 0 Å². The van der Waals surface area contributed by atoms with Crippen LogP contribution in [0.2, 0.25) is 0 Å². The number of anilines is 1. The molecule has 2 fully saturated rings. The van der Waals surface area contributed by atoms with E-state index < -0.39 is 0 Å². The molecule has 0 unspecified atom stereocenters. The van der Waals surface area contributed by atoms with Crippen molar-refractivity contribution in [2.75, 3.05) is 24.5 Å². The third kappa shape index (κ3) is 7.54. The number of benzene rings is 1. The molecule has 1 aromatic carbocycles. The molecule has 1 amide bonds. The Morgan fingerprint density at radius 2 is 1.69 bits per heavy atom. The lowest BCUT2D eigenvalue weighted by molar-refractivity contribution is -0.122. The van der Waals surface area contributed by atoms with Gasteiger partial charge in [0.1, 0.15) is 21.8 Å². The molecule has 8 heteroatoms. The summed E-state index contributed by atoms with van der Waals surface area (Å²) >= 11 is 6.96. The van der Waals surface area contributed by atoms with Gasteiger partial charge in [0.05, 0.1) is 4.91 Å². The summed E-state index contributed by atoms with van der Waals surface area (Å²) in [4.78, 5) is 31.8. The maximum Gasteiger partial charge on any atom is 0.270 e. The summed E-state index contributed by atoms with van der Waals surface area (Å²) in [5.74, 6) is 1.35. The Morgan fingerprint density at radius 1 is 1.00 bits per heavy atom. The Hall–Kier alpha value is -2.89. The van der Waals surface area contributed by atoms with E-state index in [-0.39, 0.29) is 17.0 Å². The van der Waals surface area contributed by atoms with E-state index in [1.54, 1.807) is 9.47 Å². The van der Waals surface area contributed by atoms with Gasteiger partial charge in [0.15, 0.2) is 0 Å². The molecule has 0 N–H and O–H groups in total. The van der Waals surface area contributed by atoms with Crippen molar-refractivity contribution in [3.8, 4) is 6.07 Å². The molecule has 0 bridgehead atoms. The van der Waals surface area contributed by atoms with Gasteiger partial charge in [0, 0.05) is 31.7 Å². The molecule has 1 aromatic heterocycles. The Balaban J connectivity index is 1.66. The third-order valence-electron chi connectivity index (χ3n) is 8.50. The number of thioether (sulfide) groups is 1. The van der Waals surface area contributed by atoms with Crippen molar-refractivity contribution in [2.24, 2.45) is 5.92 Å². The number of unbranched alkanes of at least 4 members (excludes halogenated alkanes) is 5. The highest BCUT2D eigenvalue weighted by atomic mass is 32.2. The van der Waals surface area contributed by atoms with Crippen LogP contribution in [-0.4, -0.2) is 39.3 Å². The van der Waals surface area contributed by atoms with Gasteiger partial charge in [-0.3, -0.25) is 19.1 Å². The first-order valence-corrected chi connectivity index (χ1v) is 16.8. The Bertz CT molecular complexity index is 1380. The highest BCUT2D eigenvalue weighted by Gasteiger charge is 2.33. The average molecular weight is 605 g/mol. The second kappa shape index (κ2) is 15.5. The molecule has 2 aliphatic rings. The molecule has 42 heavy (non-hydrogen) atoms. The molecule has 6 nitrogen and oxygen atoms in total. The molecule has 224 valence electrons. The number of carbonyl (C=O) groups is 1. The zero-order valence-corrected chi connectivity index (χ0v) is 27.0. The lowest BCUT2D eigenvalue weighted by Gasteiger charge is -2.36. The maximum absolute atomic E-state index is 13.6. The molecular weight excluding hydrogens is 561 g/mol. The predicted molar refractivity (Wildman–Crippen MR) is 179 cm³/mol. The van der Waals surface area contributed by atoms with E-state index in [2.05, 4.69) is 55.1 Å². The second-order valence-corrected chi connectivity index (χ2v) is 13.2. The van der Waals surface area contributed by atoms with Gasteiger partial charge in [-0.1, -0.05) is 100 Å². The van der Waals surface area contributed by atoms with E-state index in [1.165, 1.54) is 36.6 Å². The molecule has 0 saturated carbocycles. The van der Waals surface area contributed by atoms with E-state index in [1.807, 2.05) is 13.0 Å². The third-order valence-corrected chi connectivity index (χ3v) is 9.88. The highest BCUT2D eigenvalue weighted by Crippen LogP contribution is 2.37. The molecule has 2 aromatic rings. The van der Waals surface area contributed by atoms with Gasteiger partial charge in [-0.25, -0.2) is 0 Å². The minimum absolute atomic E-state index is 0.0720. The smallest absolute Gasteiger partial charge is 0.270 e. The number of amides is 1. The van der Waals surface area contributed by atoms with E-state index in [0.717, 1.165) is 69.4 Å². The number of thiocarbonyl (C=S) groups is 1. The summed E-state index contributed by atoms with van der Waals surface area (Å²) in [6.07, 6.45) is 12.4. The SMILES string of the molecule is CCCCCCCN1C(=O)/C(=C\c2c(C)c(C#N)c(=O)n(CCCC)c2N2CCC(Cc3ccccc3)CC2)SC1=S. The van der Waals surface area contributed by atoms with Crippen LogP contribution in [0.15, 0.2) is 40.0 Å². The Kier molecular flexibility index (Phi) is 11.9. The zero-order valence-electron chi connectivity index (χ0n) is 25.4. The van der Waals surface area contributed by atoms with Crippen LogP contribution in [-0.2, 0) is 17.8 Å². The van der Waals surface area contributed by atoms with Gasteiger partial charge in [-0.05, 0) is 62.1 Å². The van der Waals surface area contributed by atoms with Crippen LogP contribution < -0.4 is 10.5 Å². The van der Waals surface area contributed by atoms with Crippen molar-refractivity contribution in [3.05, 3.63) is 67.8 Å². The van der Waals surface area contributed by atoms with Gasteiger partial charge in [-0.15, -0.1) is 0 Å². The van der Waals surface area contributed by atoms with Crippen LogP contribution in [0.1, 0.15) is 93.9 Å². The molecule has 2 aliphatic heterocycles. The lowest BCUT2D eigenvalue weighted by atomic mass is 9.90. The van der Waals surface area contributed by atoms with Crippen LogP contribution in [0.5, 0.6) is 0 Å². The van der Waals surface area contributed by atoms with Crippen molar-refractivity contribution >= 4 is 46.1 Å². The highest BCUT2D eigenvalue weighted by molar-refractivity contribution is 8.26. The quantitative estimate of drug-likeness (QED) is 0.134. The molecular formula is C34H44N4O2S2. The number of aromatic nitrogens is 1. The summed E-state index contributed by atoms with van der Waals surface area (Å²) in [5.41, 5.74) is 2.72. The number of hydrogen-bond acceptors (Lipinski definition) is 6. The Labute approximate surface area is 260 Å². The van der Waals surface area contributed by atoms with Crippen LogP contribution in [0.4, 0.5) is 5.82 Å². The van der Waals surface area contributed by atoms with Crippen molar-refractivity contribution in [1.82, 2.24) is 9.47 Å². The minimum atomic E-state index is -0.235. The maximum atomic E-state index is 13.6. The first-order chi connectivity index (χ1) is 20.4. The average Bonchev–Trinajstić information content (AvgIpc) is 3.26. The number of nitrogens with zero attached hydrogens (tertiary/aromatic N) is 4. The van der Waals surface area contributed by atoms with Gasteiger partial charge in [0.2, 0.25) is 0 Å². The van der Waals surface area contributed by atoms with Crippen LogP contribution in [0, 0.1) is 24.2 Å². The van der Waals surface area contributed by atoms with E-state index in [9.17, 15) is 14.9 Å². The number of nitriles is 1. The summed E-state index contributed by atoms with van der Waals surface area (Å²) in [6.45, 7) is 8.97. The molecule has 0 aliphatic carbocycles. The summed E-state index contributed by atoms with van der Waals surface area (Å²) in [5, 5.41) is 10.0. The van der Waals surface area contributed by atoms with E-state index in [0.29, 0.717) is 33.8 Å². The summed E-state index contributed by atoms with van der Waals surface area (Å²) in [7, 11) is 0. The first-order valence-electron chi connectivity index (χ1n) is 15.6. The van der Waals surface area contributed by atoms with Gasteiger partial charge in [-0.2, -0.15) is 5.26 Å². The lowest BCUT2D eigenvalue weighted by Crippen LogP contribution is -2.40. The topological polar surface area (TPSA) is 69.3 Å². The summed E-state index contributed by atoms with van der Waals surface area (Å²) in [6, 6.07) is 12.8. The van der Waals surface area contributed by atoms with Gasteiger partial charge in [0.25, 0.3) is 11.5 Å². The number of carbonyl (C=O) groups excluding carboxylic acids is 1. The molecule has 0 atom stereocenters. The Morgan fingerprint density at radius 3 is 2.36 bits per heavy atom. The van der Waals surface area contributed by atoms with Crippen molar-refractivity contribution in [2.45, 2.75) is 91.5 Å². The number of hydrogen-bond donors (Lipinski definition) is 0. The fourth-order valence-electron chi connectivity index (χ4n) is 6.00. The normalized spacial score (nSPS) is 17.0. The number of piperidine rings is 1. The minimum Gasteiger partial charge on any atom is -0.357 e. The second-order valence-electron chi connectivity index (χ2n) is 11.5. The zero-order chi connectivity index (χ0) is 30.1. The standard InChI is InChI=1S/C34H44N4O2S2/c1-4-6-8-9-13-19-38-33(40)30(42-34(38)41)23-28-25(3)29(24-35)32(39)37(18-7-5-2)31(28)36-20-16-27(17-21-36)22-26-14-11-10-12-15-26/h10-12,14-15,23,27H,4-9,13,16-22H2,1-3H3/b30-23+. The van der Waals surface area contributed by atoms with Crippen LogP contribution >= 0.6 is 24.0 Å². The fraction of sp³-hybridized carbons (Fsp3) is 0.529.